The van der Waals surface area contributed by atoms with Crippen LogP contribution in [0.4, 0.5) is 0 Å². The number of rotatable bonds is 7. The van der Waals surface area contributed by atoms with Crippen LogP contribution in [0.15, 0.2) is 58.9 Å². The smallest absolute Gasteiger partial charge is 0.180 e. The monoisotopic (exact) mass is 410 g/mol. The summed E-state index contributed by atoms with van der Waals surface area (Å²) in [6.07, 6.45) is 9.79. The highest BCUT2D eigenvalue weighted by molar-refractivity contribution is 6.20. The molecule has 0 aromatic rings. The molecule has 1 saturated carbocycles. The van der Waals surface area contributed by atoms with Crippen LogP contribution in [0.3, 0.4) is 0 Å². The standard InChI is InChI=1S/C27H38O3/c1-17(2)10-12-20-16-27(15-14-19(5)6)24(28)21(13-11-18(3)4)23(30-9)22(25(27)29)26(20,7)8/h10-11,13-14,20,22H,3,12,15-16H2,1-2,4-9H3/b13-11+/t20-,22-,27+/m0/s1. The highest BCUT2D eigenvalue weighted by atomic mass is 16.5. The number of allylic oxidation sites excluding steroid dienone is 9. The molecule has 0 N–H and O–H groups in total. The molecule has 1 fully saturated rings. The van der Waals surface area contributed by atoms with Gasteiger partial charge in [0, 0.05) is 0 Å². The first-order chi connectivity index (χ1) is 13.9. The summed E-state index contributed by atoms with van der Waals surface area (Å²) in [4.78, 5) is 27.8. The SMILES string of the molecule is C=C(C)/C=C/C1=C(OC)[C@H]2C(=O)[C@](CC=C(C)C)(C[C@H](CC=C(C)C)C2(C)C)C1=O. The molecule has 0 unspecified atom stereocenters. The van der Waals surface area contributed by atoms with Crippen molar-refractivity contribution < 1.29 is 14.3 Å². The van der Waals surface area contributed by atoms with E-state index in [4.69, 9.17) is 4.74 Å². The molecule has 2 bridgehead atoms. The van der Waals surface area contributed by atoms with Gasteiger partial charge in [-0.15, -0.1) is 0 Å². The quantitative estimate of drug-likeness (QED) is 0.272. The fourth-order valence-electron chi connectivity index (χ4n) is 4.85. The summed E-state index contributed by atoms with van der Waals surface area (Å²) in [6.45, 7) is 18.3. The largest absolute Gasteiger partial charge is 0.500 e. The number of carbonyl (C=O) groups is 2. The van der Waals surface area contributed by atoms with Gasteiger partial charge in [-0.25, -0.2) is 0 Å². The Morgan fingerprint density at radius 3 is 2.20 bits per heavy atom. The fourth-order valence-corrected chi connectivity index (χ4v) is 4.85. The lowest BCUT2D eigenvalue weighted by Crippen LogP contribution is -2.59. The van der Waals surface area contributed by atoms with Gasteiger partial charge in [0.1, 0.15) is 5.76 Å². The minimum Gasteiger partial charge on any atom is -0.500 e. The molecule has 0 aliphatic heterocycles. The lowest BCUT2D eigenvalue weighted by molar-refractivity contribution is -0.156. The van der Waals surface area contributed by atoms with Crippen molar-refractivity contribution in [3.63, 3.8) is 0 Å². The molecule has 3 atom stereocenters. The molecule has 164 valence electrons. The Labute approximate surface area is 182 Å². The van der Waals surface area contributed by atoms with Crippen molar-refractivity contribution in [2.24, 2.45) is 22.7 Å². The number of hydrogen-bond donors (Lipinski definition) is 0. The molecule has 3 heteroatoms. The fraction of sp³-hybridized carbons (Fsp3) is 0.556. The maximum absolute atomic E-state index is 13.9. The summed E-state index contributed by atoms with van der Waals surface area (Å²) in [5.41, 5.74) is 2.42. The van der Waals surface area contributed by atoms with Gasteiger partial charge in [-0.05, 0) is 71.3 Å². The molecule has 0 spiro atoms. The van der Waals surface area contributed by atoms with Gasteiger partial charge in [-0.2, -0.15) is 0 Å². The Kier molecular flexibility index (Phi) is 7.16. The summed E-state index contributed by atoms with van der Waals surface area (Å²) in [5, 5.41) is 0. The van der Waals surface area contributed by atoms with Crippen molar-refractivity contribution in [1.29, 1.82) is 0 Å². The van der Waals surface area contributed by atoms with Crippen LogP contribution in [0.2, 0.25) is 0 Å². The van der Waals surface area contributed by atoms with E-state index in [0.29, 0.717) is 24.2 Å². The van der Waals surface area contributed by atoms with Crippen LogP contribution in [0.25, 0.3) is 0 Å². The van der Waals surface area contributed by atoms with E-state index in [-0.39, 0.29) is 22.9 Å². The van der Waals surface area contributed by atoms with Crippen molar-refractivity contribution in [2.45, 2.75) is 67.7 Å². The first-order valence-corrected chi connectivity index (χ1v) is 10.9. The molecule has 0 amide bonds. The molecule has 30 heavy (non-hydrogen) atoms. The second-order valence-corrected chi connectivity index (χ2v) is 10.1. The molecule has 0 saturated heterocycles. The Morgan fingerprint density at radius 2 is 1.70 bits per heavy atom. The van der Waals surface area contributed by atoms with Crippen LogP contribution in [-0.4, -0.2) is 18.7 Å². The average molecular weight is 411 g/mol. The third-order valence-corrected chi connectivity index (χ3v) is 6.76. The van der Waals surface area contributed by atoms with Gasteiger partial charge in [0.25, 0.3) is 0 Å². The molecule has 2 aliphatic rings. The number of hydrogen-bond acceptors (Lipinski definition) is 3. The summed E-state index contributed by atoms with van der Waals surface area (Å²) in [5.74, 6) is 0.213. The van der Waals surface area contributed by atoms with Gasteiger partial charge >= 0.3 is 0 Å². The van der Waals surface area contributed by atoms with Crippen LogP contribution in [0.1, 0.15) is 67.7 Å². The predicted octanol–water partition coefficient (Wildman–Crippen LogP) is 6.53. The van der Waals surface area contributed by atoms with E-state index < -0.39 is 11.3 Å². The van der Waals surface area contributed by atoms with E-state index in [1.807, 2.05) is 32.9 Å². The summed E-state index contributed by atoms with van der Waals surface area (Å²) in [6, 6.07) is 0. The van der Waals surface area contributed by atoms with Gasteiger partial charge < -0.3 is 4.74 Å². The first-order valence-electron chi connectivity index (χ1n) is 10.9. The lowest BCUT2D eigenvalue weighted by atomic mass is 9.47. The summed E-state index contributed by atoms with van der Waals surface area (Å²) < 4.78 is 5.77. The Balaban J connectivity index is 2.76. The lowest BCUT2D eigenvalue weighted by Gasteiger charge is -2.54. The minimum absolute atomic E-state index is 0.0211. The van der Waals surface area contributed by atoms with Crippen LogP contribution in [-0.2, 0) is 14.3 Å². The zero-order chi connectivity index (χ0) is 22.9. The van der Waals surface area contributed by atoms with Crippen molar-refractivity contribution in [1.82, 2.24) is 0 Å². The van der Waals surface area contributed by atoms with Gasteiger partial charge in [-0.1, -0.05) is 55.4 Å². The topological polar surface area (TPSA) is 43.4 Å². The van der Waals surface area contributed by atoms with Crippen LogP contribution < -0.4 is 0 Å². The highest BCUT2D eigenvalue weighted by Crippen LogP contribution is 2.59. The van der Waals surface area contributed by atoms with Gasteiger partial charge in [0.05, 0.1) is 24.0 Å². The Morgan fingerprint density at radius 1 is 1.10 bits per heavy atom. The van der Waals surface area contributed by atoms with E-state index in [0.717, 1.165) is 17.6 Å². The molecule has 2 aliphatic carbocycles. The molecular formula is C27H38O3. The van der Waals surface area contributed by atoms with Crippen LogP contribution >= 0.6 is 0 Å². The normalized spacial score (nSPS) is 27.9. The number of ether oxygens (including phenoxy) is 1. The summed E-state index contributed by atoms with van der Waals surface area (Å²) in [7, 11) is 1.57. The average Bonchev–Trinajstić information content (AvgIpc) is 2.63. The molecule has 0 aromatic carbocycles. The maximum atomic E-state index is 13.9. The minimum atomic E-state index is -1.02. The van der Waals surface area contributed by atoms with Crippen LogP contribution in [0.5, 0.6) is 0 Å². The first kappa shape index (κ1) is 24.1. The maximum Gasteiger partial charge on any atom is 0.180 e. The van der Waals surface area contributed by atoms with Gasteiger partial charge in [0.15, 0.2) is 11.6 Å². The zero-order valence-corrected chi connectivity index (χ0v) is 20.0. The Hall–Kier alpha value is -2.16. The number of ketones is 2. The zero-order valence-electron chi connectivity index (χ0n) is 20.0. The van der Waals surface area contributed by atoms with Gasteiger partial charge in [0.2, 0.25) is 0 Å². The third kappa shape index (κ3) is 4.31. The van der Waals surface area contributed by atoms with E-state index >= 15 is 0 Å². The molecule has 2 rings (SSSR count). The van der Waals surface area contributed by atoms with Crippen molar-refractivity contribution in [3.05, 3.63) is 58.9 Å². The van der Waals surface area contributed by atoms with E-state index in [9.17, 15) is 9.59 Å². The van der Waals surface area contributed by atoms with E-state index in [2.05, 4.69) is 40.3 Å². The molecule has 3 nitrogen and oxygen atoms in total. The summed E-state index contributed by atoms with van der Waals surface area (Å²) >= 11 is 0. The number of carbonyl (C=O) groups excluding carboxylic acids is 2. The molecule has 0 radical (unpaired) electrons. The number of fused-ring (bicyclic) bond motifs is 2. The molecular weight excluding hydrogens is 372 g/mol. The Bertz CT molecular complexity index is 855. The molecule has 0 aromatic heterocycles. The number of Topliss-reactive ketones (excluding diaryl/α,β-unsaturated/α-hetero) is 2. The van der Waals surface area contributed by atoms with Crippen molar-refractivity contribution in [2.75, 3.05) is 7.11 Å². The molecule has 0 heterocycles. The van der Waals surface area contributed by atoms with E-state index in [1.54, 1.807) is 13.2 Å². The van der Waals surface area contributed by atoms with Crippen molar-refractivity contribution in [3.8, 4) is 0 Å². The second kappa shape index (κ2) is 8.91. The number of methoxy groups -OCH3 is 1. The van der Waals surface area contributed by atoms with Crippen LogP contribution in [0, 0.1) is 22.7 Å². The highest BCUT2D eigenvalue weighted by Gasteiger charge is 2.63. The van der Waals surface area contributed by atoms with E-state index in [1.165, 1.54) is 5.57 Å². The van der Waals surface area contributed by atoms with Crippen molar-refractivity contribution >= 4 is 11.6 Å². The second-order valence-electron chi connectivity index (χ2n) is 10.1. The van der Waals surface area contributed by atoms with Gasteiger partial charge in [-0.3, -0.25) is 9.59 Å². The third-order valence-electron chi connectivity index (χ3n) is 6.76. The predicted molar refractivity (Wildman–Crippen MR) is 124 cm³/mol.